The molecule has 0 aliphatic rings. The summed E-state index contributed by atoms with van der Waals surface area (Å²) in [5.41, 5.74) is 8.36. The summed E-state index contributed by atoms with van der Waals surface area (Å²) in [4.78, 5) is 0. The highest BCUT2D eigenvalue weighted by Gasteiger charge is 2.08. The minimum atomic E-state index is -0.0211. The van der Waals surface area contributed by atoms with Gasteiger partial charge in [-0.3, -0.25) is 0 Å². The smallest absolute Gasteiger partial charge is 0.125 e. The molecule has 2 nitrogen and oxygen atoms in total. The number of aryl methyl sites for hydroxylation is 1. The maximum absolute atomic E-state index is 5.96. The predicted molar refractivity (Wildman–Crippen MR) is 87.0 cm³/mol. The summed E-state index contributed by atoms with van der Waals surface area (Å²) in [6.07, 6.45) is 2.03. The van der Waals surface area contributed by atoms with Gasteiger partial charge in [0, 0.05) is 16.1 Å². The molecule has 0 aliphatic carbocycles. The molecule has 0 saturated heterocycles. The topological polar surface area (TPSA) is 35.2 Å². The predicted octanol–water partition coefficient (Wildman–Crippen LogP) is 4.48. The Morgan fingerprint density at radius 1 is 1.15 bits per heavy atom. The summed E-state index contributed by atoms with van der Waals surface area (Å²) >= 11 is 3.47. The molecule has 0 saturated carbocycles. The summed E-state index contributed by atoms with van der Waals surface area (Å²) < 4.78 is 6.90. The molecule has 1 atom stereocenters. The van der Waals surface area contributed by atoms with Crippen molar-refractivity contribution in [3.63, 3.8) is 0 Å². The van der Waals surface area contributed by atoms with Gasteiger partial charge >= 0.3 is 0 Å². The second-order valence-electron chi connectivity index (χ2n) is 4.91. The molecule has 2 N–H and O–H groups in total. The van der Waals surface area contributed by atoms with Crippen LogP contribution in [0.5, 0.6) is 5.75 Å². The third-order valence-corrected chi connectivity index (χ3v) is 3.67. The van der Waals surface area contributed by atoms with E-state index in [1.54, 1.807) is 0 Å². The van der Waals surface area contributed by atoms with Gasteiger partial charge in [-0.05, 0) is 37.5 Å². The van der Waals surface area contributed by atoms with Gasteiger partial charge in [0.2, 0.25) is 0 Å². The minimum absolute atomic E-state index is 0.0211. The summed E-state index contributed by atoms with van der Waals surface area (Å²) in [5.74, 6) is 0.877. The summed E-state index contributed by atoms with van der Waals surface area (Å²) in [6, 6.07) is 16.4. The number of hydrogen-bond donors (Lipinski definition) is 1. The molecule has 0 fully saturated rings. The Bertz CT molecular complexity index is 540. The first-order chi connectivity index (χ1) is 9.66. The Labute approximate surface area is 129 Å². The lowest BCUT2D eigenvalue weighted by atomic mass is 10.1. The summed E-state index contributed by atoms with van der Waals surface area (Å²) in [7, 11) is 0. The zero-order valence-electron chi connectivity index (χ0n) is 11.7. The van der Waals surface area contributed by atoms with Gasteiger partial charge in [0.15, 0.2) is 0 Å². The Hall–Kier alpha value is -1.32. The van der Waals surface area contributed by atoms with Gasteiger partial charge in [0.25, 0.3) is 0 Å². The number of benzene rings is 2. The largest absolute Gasteiger partial charge is 0.493 e. The molecule has 106 valence electrons. The zero-order chi connectivity index (χ0) is 14.4. The second-order valence-corrected chi connectivity index (χ2v) is 5.82. The lowest BCUT2D eigenvalue weighted by molar-refractivity contribution is 0.306. The van der Waals surface area contributed by atoms with E-state index in [4.69, 9.17) is 10.5 Å². The van der Waals surface area contributed by atoms with E-state index in [-0.39, 0.29) is 6.04 Å². The molecule has 0 spiro atoms. The number of halogens is 1. The first kappa shape index (κ1) is 15.1. The van der Waals surface area contributed by atoms with Gasteiger partial charge < -0.3 is 10.5 Å². The minimum Gasteiger partial charge on any atom is -0.493 e. The molecule has 2 rings (SSSR count). The lowest BCUT2D eigenvalue weighted by Crippen LogP contribution is -2.09. The van der Waals surface area contributed by atoms with E-state index >= 15 is 0 Å². The Morgan fingerprint density at radius 3 is 2.60 bits per heavy atom. The van der Waals surface area contributed by atoms with Crippen molar-refractivity contribution in [3.05, 3.63) is 64.1 Å². The molecule has 0 aromatic heterocycles. The van der Waals surface area contributed by atoms with Crippen molar-refractivity contribution < 1.29 is 4.74 Å². The highest BCUT2D eigenvalue weighted by Crippen LogP contribution is 2.27. The molecule has 0 heterocycles. The van der Waals surface area contributed by atoms with Crippen molar-refractivity contribution in [2.75, 3.05) is 6.61 Å². The highest BCUT2D eigenvalue weighted by molar-refractivity contribution is 9.10. The SMILES string of the molecule is CC(N)c1ccc(Br)cc1OCCCc1ccccc1. The van der Waals surface area contributed by atoms with Crippen molar-refractivity contribution in [1.29, 1.82) is 0 Å². The molecular weight excluding hydrogens is 314 g/mol. The maximum atomic E-state index is 5.96. The van der Waals surface area contributed by atoms with Crippen LogP contribution < -0.4 is 10.5 Å². The van der Waals surface area contributed by atoms with Crippen molar-refractivity contribution in [2.45, 2.75) is 25.8 Å². The standard InChI is InChI=1S/C17H20BrNO/c1-13(19)16-10-9-15(18)12-17(16)20-11-5-8-14-6-3-2-4-7-14/h2-4,6-7,9-10,12-13H,5,8,11,19H2,1H3. The number of nitrogens with two attached hydrogens (primary N) is 1. The van der Waals surface area contributed by atoms with Gasteiger partial charge in [-0.25, -0.2) is 0 Å². The van der Waals surface area contributed by atoms with Crippen LogP contribution in [0.25, 0.3) is 0 Å². The van der Waals surface area contributed by atoms with Crippen molar-refractivity contribution in [1.82, 2.24) is 0 Å². The van der Waals surface area contributed by atoms with Gasteiger partial charge in [-0.1, -0.05) is 52.3 Å². The van der Waals surface area contributed by atoms with Crippen molar-refractivity contribution >= 4 is 15.9 Å². The van der Waals surface area contributed by atoms with Crippen molar-refractivity contribution in [3.8, 4) is 5.75 Å². The Morgan fingerprint density at radius 2 is 1.90 bits per heavy atom. The molecular formula is C17H20BrNO. The van der Waals surface area contributed by atoms with Crippen LogP contribution in [-0.2, 0) is 6.42 Å². The zero-order valence-corrected chi connectivity index (χ0v) is 13.3. The lowest BCUT2D eigenvalue weighted by Gasteiger charge is -2.14. The Balaban J connectivity index is 1.89. The van der Waals surface area contributed by atoms with E-state index in [9.17, 15) is 0 Å². The van der Waals surface area contributed by atoms with Crippen LogP contribution in [0.4, 0.5) is 0 Å². The van der Waals surface area contributed by atoms with Crippen LogP contribution in [0.2, 0.25) is 0 Å². The average molecular weight is 334 g/mol. The van der Waals surface area contributed by atoms with Crippen LogP contribution in [0.15, 0.2) is 53.0 Å². The first-order valence-corrected chi connectivity index (χ1v) is 7.68. The molecule has 3 heteroatoms. The molecule has 2 aromatic rings. The normalized spacial score (nSPS) is 12.2. The van der Waals surface area contributed by atoms with E-state index < -0.39 is 0 Å². The van der Waals surface area contributed by atoms with Crippen LogP contribution >= 0.6 is 15.9 Å². The quantitative estimate of drug-likeness (QED) is 0.791. The first-order valence-electron chi connectivity index (χ1n) is 6.88. The molecule has 0 amide bonds. The number of ether oxygens (including phenoxy) is 1. The third kappa shape index (κ3) is 4.36. The summed E-state index contributed by atoms with van der Waals surface area (Å²) in [6.45, 7) is 2.67. The van der Waals surface area contributed by atoms with E-state index in [1.807, 2.05) is 31.2 Å². The van der Waals surface area contributed by atoms with Gasteiger partial charge in [0.1, 0.15) is 5.75 Å². The van der Waals surface area contributed by atoms with E-state index in [1.165, 1.54) is 5.56 Å². The molecule has 0 radical (unpaired) electrons. The monoisotopic (exact) mass is 333 g/mol. The second kappa shape index (κ2) is 7.46. The van der Waals surface area contributed by atoms with Crippen LogP contribution in [0.1, 0.15) is 30.5 Å². The van der Waals surface area contributed by atoms with E-state index in [0.717, 1.165) is 28.6 Å². The van der Waals surface area contributed by atoms with Gasteiger partial charge in [-0.2, -0.15) is 0 Å². The van der Waals surface area contributed by atoms with Gasteiger partial charge in [-0.15, -0.1) is 0 Å². The van der Waals surface area contributed by atoms with Gasteiger partial charge in [0.05, 0.1) is 6.61 Å². The molecule has 0 aliphatic heterocycles. The maximum Gasteiger partial charge on any atom is 0.125 e. The average Bonchev–Trinajstić information content (AvgIpc) is 2.44. The fourth-order valence-electron chi connectivity index (χ4n) is 2.11. The Kier molecular flexibility index (Phi) is 5.62. The van der Waals surface area contributed by atoms with E-state index in [0.29, 0.717) is 6.61 Å². The molecule has 0 bridgehead atoms. The van der Waals surface area contributed by atoms with Crippen molar-refractivity contribution in [2.24, 2.45) is 5.73 Å². The fraction of sp³-hybridized carbons (Fsp3) is 0.294. The molecule has 2 aromatic carbocycles. The van der Waals surface area contributed by atoms with E-state index in [2.05, 4.69) is 40.2 Å². The van der Waals surface area contributed by atoms with Crippen LogP contribution in [0.3, 0.4) is 0 Å². The number of rotatable bonds is 6. The van der Waals surface area contributed by atoms with Crippen LogP contribution in [0, 0.1) is 0 Å². The van der Waals surface area contributed by atoms with Crippen LogP contribution in [-0.4, -0.2) is 6.61 Å². The highest BCUT2D eigenvalue weighted by atomic mass is 79.9. The number of hydrogen-bond acceptors (Lipinski definition) is 2. The molecule has 20 heavy (non-hydrogen) atoms. The molecule has 1 unspecified atom stereocenters. The third-order valence-electron chi connectivity index (χ3n) is 3.18. The summed E-state index contributed by atoms with van der Waals surface area (Å²) in [5, 5.41) is 0. The fourth-order valence-corrected chi connectivity index (χ4v) is 2.45.